The lowest BCUT2D eigenvalue weighted by molar-refractivity contribution is -0.140. The molecule has 0 spiro atoms. The molecule has 0 bridgehead atoms. The lowest BCUT2D eigenvalue weighted by Crippen LogP contribution is -2.43. The van der Waals surface area contributed by atoms with Crippen LogP contribution in [0.3, 0.4) is 0 Å². The minimum atomic E-state index is -0.200. The van der Waals surface area contributed by atoms with Gasteiger partial charge in [-0.3, -0.25) is 4.79 Å². The molecule has 6 heteroatoms. The van der Waals surface area contributed by atoms with Crippen LogP contribution in [0.1, 0.15) is 17.1 Å². The van der Waals surface area contributed by atoms with E-state index in [1.54, 1.807) is 11.3 Å². The number of methoxy groups -OCH3 is 1. The van der Waals surface area contributed by atoms with Crippen LogP contribution in [0.2, 0.25) is 0 Å². The fourth-order valence-corrected chi connectivity index (χ4v) is 4.17. The highest BCUT2D eigenvalue weighted by molar-refractivity contribution is 7.10. The van der Waals surface area contributed by atoms with Crippen molar-refractivity contribution >= 4 is 46.4 Å². The van der Waals surface area contributed by atoms with E-state index < -0.39 is 0 Å². The van der Waals surface area contributed by atoms with E-state index in [1.165, 1.54) is 17.9 Å². The number of ether oxygens (including phenoxy) is 1. The van der Waals surface area contributed by atoms with Crippen LogP contribution >= 0.6 is 11.3 Å². The van der Waals surface area contributed by atoms with Crippen LogP contribution in [0.15, 0.2) is 53.9 Å². The summed E-state index contributed by atoms with van der Waals surface area (Å²) in [4.78, 5) is 13.1. The van der Waals surface area contributed by atoms with Crippen molar-refractivity contribution in [1.29, 1.82) is 0 Å². The summed E-state index contributed by atoms with van der Waals surface area (Å²) in [6.45, 7) is -0.0664. The Hall–Kier alpha value is -2.47. The fourth-order valence-electron chi connectivity index (χ4n) is 3.30. The number of nitrogens with one attached hydrogen (secondary N) is 2. The van der Waals surface area contributed by atoms with Crippen LogP contribution in [-0.4, -0.2) is 20.1 Å². The summed E-state index contributed by atoms with van der Waals surface area (Å²) in [5.41, 5.74) is 2.19. The second-order valence-electron chi connectivity index (χ2n) is 5.88. The van der Waals surface area contributed by atoms with Gasteiger partial charge in [-0.25, -0.2) is 0 Å². The predicted octanol–water partition coefficient (Wildman–Crippen LogP) is 4.11. The Morgan fingerprint density at radius 2 is 1.83 bits per heavy atom. The number of esters is 1. The van der Waals surface area contributed by atoms with Crippen LogP contribution in [0.4, 0.5) is 11.4 Å². The summed E-state index contributed by atoms with van der Waals surface area (Å²) >= 11 is 1.66. The maximum Gasteiger partial charge on any atom is 0.379 e. The molecule has 1 aliphatic rings. The van der Waals surface area contributed by atoms with E-state index in [9.17, 15) is 4.79 Å². The van der Waals surface area contributed by atoms with Crippen LogP contribution in [0, 0.1) is 0 Å². The van der Waals surface area contributed by atoms with Gasteiger partial charge in [-0.05, 0) is 29.0 Å². The highest BCUT2D eigenvalue weighted by atomic mass is 32.1. The Balaban J connectivity index is 1.72. The van der Waals surface area contributed by atoms with Crippen molar-refractivity contribution in [3.05, 3.63) is 58.8 Å². The molecule has 3 aromatic rings. The number of rotatable bonds is 4. The predicted molar refractivity (Wildman–Crippen MR) is 101 cm³/mol. The maximum absolute atomic E-state index is 11.9. The Kier molecular flexibility index (Phi) is 3.90. The summed E-state index contributed by atoms with van der Waals surface area (Å²) in [6, 6.07) is 16.6. The van der Waals surface area contributed by atoms with E-state index in [4.69, 9.17) is 4.74 Å². The van der Waals surface area contributed by atoms with Gasteiger partial charge in [-0.1, -0.05) is 30.3 Å². The molecule has 120 valence electrons. The highest BCUT2D eigenvalue weighted by Crippen LogP contribution is 2.37. The van der Waals surface area contributed by atoms with Crippen molar-refractivity contribution in [2.24, 2.45) is 0 Å². The number of hydrogen-bond acceptors (Lipinski definition) is 5. The summed E-state index contributed by atoms with van der Waals surface area (Å²) in [5, 5.41) is 11.6. The number of thiophene rings is 1. The Bertz CT molecular complexity index is 841. The first-order chi connectivity index (χ1) is 11.8. The molecule has 0 amide bonds. The average molecular weight is 336 g/mol. The molecule has 0 fully saturated rings. The molecule has 0 aliphatic carbocycles. The number of hydrogen-bond donors (Lipinski definition) is 2. The van der Waals surface area contributed by atoms with Gasteiger partial charge in [-0.15, -0.1) is 11.3 Å². The largest absolute Gasteiger partial charge is 0.469 e. The van der Waals surface area contributed by atoms with E-state index in [2.05, 4.69) is 52.9 Å². The lowest BCUT2D eigenvalue weighted by atomic mass is 9.58. The molecule has 4 nitrogen and oxygen atoms in total. The van der Waals surface area contributed by atoms with Gasteiger partial charge in [0.2, 0.25) is 0 Å². The standard InChI is InChI=1S/C18H17BN2O2S/c1-23-17(22)11-13(16-9-4-10-24-16)19-20-14-7-2-5-12-6-3-8-15(21-19)18(12)14/h2-10,13,20-21H,11H2,1H3/t13-/m1/s1. The van der Waals surface area contributed by atoms with Crippen LogP contribution in [0.5, 0.6) is 0 Å². The second-order valence-corrected chi connectivity index (χ2v) is 6.86. The lowest BCUT2D eigenvalue weighted by Gasteiger charge is -2.31. The number of benzene rings is 2. The Labute approximate surface area is 145 Å². The molecule has 0 radical (unpaired) electrons. The van der Waals surface area contributed by atoms with Gasteiger partial charge in [-0.2, -0.15) is 0 Å². The molecule has 0 unspecified atom stereocenters. The molecule has 2 heterocycles. The average Bonchev–Trinajstić information content (AvgIpc) is 3.14. The third-order valence-corrected chi connectivity index (χ3v) is 5.46. The van der Waals surface area contributed by atoms with Crippen LogP contribution in [-0.2, 0) is 9.53 Å². The summed E-state index contributed by atoms with van der Waals surface area (Å²) in [6.07, 6.45) is 0.333. The van der Waals surface area contributed by atoms with Gasteiger partial charge >= 0.3 is 13.0 Å². The van der Waals surface area contributed by atoms with Gasteiger partial charge in [0.1, 0.15) is 0 Å². The molecule has 1 atom stereocenters. The number of carbonyl (C=O) groups excluding carboxylic acids is 1. The van der Waals surface area contributed by atoms with E-state index >= 15 is 0 Å². The Morgan fingerprint density at radius 1 is 1.12 bits per heavy atom. The SMILES string of the molecule is COC(=O)C[C@@H](B1Nc2cccc3cccc(c23)N1)c1cccs1. The quantitative estimate of drug-likeness (QED) is 0.556. The number of carbonyl (C=O) groups is 1. The summed E-state index contributed by atoms with van der Waals surface area (Å²) < 4.78 is 4.91. The molecular formula is C18H17BN2O2S. The van der Waals surface area contributed by atoms with E-state index in [1.807, 2.05) is 11.4 Å². The Morgan fingerprint density at radius 3 is 2.42 bits per heavy atom. The van der Waals surface area contributed by atoms with E-state index in [-0.39, 0.29) is 18.8 Å². The normalized spacial score (nSPS) is 14.0. The third-order valence-electron chi connectivity index (χ3n) is 4.45. The topological polar surface area (TPSA) is 50.4 Å². The molecule has 0 saturated carbocycles. The van der Waals surface area contributed by atoms with Gasteiger partial charge in [0.05, 0.1) is 13.5 Å². The van der Waals surface area contributed by atoms with E-state index in [0.717, 1.165) is 16.3 Å². The second kappa shape index (κ2) is 6.21. The first kappa shape index (κ1) is 15.1. The van der Waals surface area contributed by atoms with E-state index in [0.29, 0.717) is 6.42 Å². The first-order valence-electron chi connectivity index (χ1n) is 7.91. The fraction of sp³-hybridized carbons (Fsp3) is 0.167. The minimum absolute atomic E-state index is 0.000984. The summed E-state index contributed by atoms with van der Waals surface area (Å²) in [5.74, 6) is -0.199. The monoisotopic (exact) mass is 336 g/mol. The maximum atomic E-state index is 11.9. The molecule has 4 rings (SSSR count). The van der Waals surface area contributed by atoms with Gasteiger partial charge in [0, 0.05) is 27.5 Å². The van der Waals surface area contributed by atoms with Crippen molar-refractivity contribution in [2.45, 2.75) is 12.2 Å². The van der Waals surface area contributed by atoms with Gasteiger partial charge < -0.3 is 15.2 Å². The third kappa shape index (κ3) is 2.63. The van der Waals surface area contributed by atoms with Gasteiger partial charge in [0.25, 0.3) is 0 Å². The molecule has 1 aliphatic heterocycles. The zero-order valence-electron chi connectivity index (χ0n) is 13.3. The van der Waals surface area contributed by atoms with Gasteiger partial charge in [0.15, 0.2) is 0 Å². The summed E-state index contributed by atoms with van der Waals surface area (Å²) in [7, 11) is 1.44. The van der Waals surface area contributed by atoms with Crippen molar-refractivity contribution in [3.8, 4) is 0 Å². The van der Waals surface area contributed by atoms with Crippen molar-refractivity contribution < 1.29 is 9.53 Å². The van der Waals surface area contributed by atoms with Crippen molar-refractivity contribution in [1.82, 2.24) is 0 Å². The highest BCUT2D eigenvalue weighted by Gasteiger charge is 2.35. The molecule has 0 saturated heterocycles. The van der Waals surface area contributed by atoms with Crippen molar-refractivity contribution in [2.75, 3.05) is 17.6 Å². The smallest absolute Gasteiger partial charge is 0.379 e. The molecule has 24 heavy (non-hydrogen) atoms. The molecule has 2 aromatic carbocycles. The number of anilines is 2. The first-order valence-corrected chi connectivity index (χ1v) is 8.79. The van der Waals surface area contributed by atoms with Crippen LogP contribution in [0.25, 0.3) is 10.8 Å². The zero-order valence-corrected chi connectivity index (χ0v) is 14.1. The van der Waals surface area contributed by atoms with Crippen molar-refractivity contribution in [3.63, 3.8) is 0 Å². The molecular weight excluding hydrogens is 319 g/mol. The molecule has 2 N–H and O–H groups in total. The molecule has 1 aromatic heterocycles. The minimum Gasteiger partial charge on any atom is -0.469 e. The zero-order chi connectivity index (χ0) is 16.5. The van der Waals surface area contributed by atoms with Crippen LogP contribution < -0.4 is 10.5 Å².